The Labute approximate surface area is 195 Å². The molecule has 1 amide bonds. The number of hydrogen-bond acceptors (Lipinski definition) is 6. The van der Waals surface area contributed by atoms with Crippen molar-refractivity contribution >= 4 is 23.3 Å². The Morgan fingerprint density at radius 1 is 1.19 bits per heavy atom. The summed E-state index contributed by atoms with van der Waals surface area (Å²) < 4.78 is 5.75. The molecule has 1 aromatic carbocycles. The highest BCUT2D eigenvalue weighted by molar-refractivity contribution is 6.30. The van der Waals surface area contributed by atoms with Crippen LogP contribution in [0.2, 0.25) is 5.02 Å². The molecule has 1 saturated heterocycles. The van der Waals surface area contributed by atoms with Gasteiger partial charge >= 0.3 is 0 Å². The first kappa shape index (κ1) is 23.0. The lowest BCUT2D eigenvalue weighted by Crippen LogP contribution is -2.52. The predicted octanol–water partition coefficient (Wildman–Crippen LogP) is 3.23. The molecule has 3 heterocycles. The van der Waals surface area contributed by atoms with Crippen molar-refractivity contribution in [1.29, 1.82) is 0 Å². The molecule has 1 fully saturated rings. The van der Waals surface area contributed by atoms with E-state index < -0.39 is 0 Å². The lowest BCUT2D eigenvalue weighted by Gasteiger charge is -2.38. The zero-order valence-electron chi connectivity index (χ0n) is 19.1. The van der Waals surface area contributed by atoms with Gasteiger partial charge in [0.05, 0.1) is 24.3 Å². The van der Waals surface area contributed by atoms with Crippen LogP contribution in [-0.2, 0) is 22.6 Å². The van der Waals surface area contributed by atoms with Crippen LogP contribution in [-0.4, -0.2) is 59.5 Å². The molecule has 8 heteroatoms. The van der Waals surface area contributed by atoms with Gasteiger partial charge in [-0.1, -0.05) is 37.6 Å². The van der Waals surface area contributed by atoms with Gasteiger partial charge in [-0.05, 0) is 31.0 Å². The number of hydrogen-bond donors (Lipinski definition) is 1. The number of nitrogens with zero attached hydrogens (tertiary/aromatic N) is 4. The van der Waals surface area contributed by atoms with Crippen LogP contribution in [0.4, 0.5) is 5.82 Å². The Bertz CT molecular complexity index is 928. The Kier molecular flexibility index (Phi) is 7.28. The second-order valence-electron chi connectivity index (χ2n) is 8.91. The largest absolute Gasteiger partial charge is 0.367 e. The van der Waals surface area contributed by atoms with Crippen LogP contribution in [0.3, 0.4) is 0 Å². The monoisotopic (exact) mass is 457 g/mol. The molecule has 0 radical (unpaired) electrons. The van der Waals surface area contributed by atoms with E-state index in [9.17, 15) is 4.79 Å². The highest BCUT2D eigenvalue weighted by Gasteiger charge is 2.32. The van der Waals surface area contributed by atoms with Crippen LogP contribution in [0.1, 0.15) is 43.7 Å². The van der Waals surface area contributed by atoms with Crippen molar-refractivity contribution in [2.75, 3.05) is 37.6 Å². The number of benzene rings is 1. The molecule has 2 atom stereocenters. The van der Waals surface area contributed by atoms with E-state index in [0.29, 0.717) is 43.7 Å². The normalized spacial score (nSPS) is 19.3. The van der Waals surface area contributed by atoms with Crippen molar-refractivity contribution in [2.45, 2.75) is 45.9 Å². The van der Waals surface area contributed by atoms with E-state index >= 15 is 0 Å². The van der Waals surface area contributed by atoms with Crippen molar-refractivity contribution in [2.24, 2.45) is 5.92 Å². The quantitative estimate of drug-likeness (QED) is 0.688. The maximum atomic E-state index is 13.5. The minimum absolute atomic E-state index is 0.00623. The fourth-order valence-corrected chi connectivity index (χ4v) is 4.54. The van der Waals surface area contributed by atoms with Crippen LogP contribution in [0.5, 0.6) is 0 Å². The third kappa shape index (κ3) is 5.22. The van der Waals surface area contributed by atoms with Gasteiger partial charge in [0.2, 0.25) is 5.91 Å². The number of halogens is 1. The van der Waals surface area contributed by atoms with Crippen LogP contribution < -0.4 is 10.2 Å². The Morgan fingerprint density at radius 2 is 1.91 bits per heavy atom. The van der Waals surface area contributed by atoms with Crippen LogP contribution in [0.25, 0.3) is 0 Å². The number of rotatable bonds is 7. The van der Waals surface area contributed by atoms with Gasteiger partial charge in [-0.25, -0.2) is 9.97 Å². The van der Waals surface area contributed by atoms with E-state index in [1.165, 1.54) is 0 Å². The van der Waals surface area contributed by atoms with Gasteiger partial charge in [0, 0.05) is 49.4 Å². The molecule has 4 rings (SSSR count). The van der Waals surface area contributed by atoms with Crippen molar-refractivity contribution in [3.05, 3.63) is 52.4 Å². The third-order valence-electron chi connectivity index (χ3n) is 6.23. The molecule has 1 N–H and O–H groups in total. The number of piperazine rings is 1. The van der Waals surface area contributed by atoms with E-state index in [1.54, 1.807) is 6.33 Å². The SMILES string of the molecule is CC(C)NCC(Cc1ccc(Cl)cc1)C(=O)N1CCN(c2ncnc3c2[C@@H](C)OC3)CC1. The summed E-state index contributed by atoms with van der Waals surface area (Å²) in [5.41, 5.74) is 3.19. The van der Waals surface area contributed by atoms with Crippen LogP contribution in [0, 0.1) is 5.92 Å². The number of aromatic nitrogens is 2. The van der Waals surface area contributed by atoms with Crippen LogP contribution >= 0.6 is 11.6 Å². The van der Waals surface area contributed by atoms with E-state index in [4.69, 9.17) is 16.3 Å². The van der Waals surface area contributed by atoms with Crippen molar-refractivity contribution in [3.63, 3.8) is 0 Å². The first-order valence-electron chi connectivity index (χ1n) is 11.4. The highest BCUT2D eigenvalue weighted by Crippen LogP contribution is 2.35. The summed E-state index contributed by atoms with van der Waals surface area (Å²) in [7, 11) is 0. The van der Waals surface area contributed by atoms with Crippen molar-refractivity contribution < 1.29 is 9.53 Å². The number of carbonyl (C=O) groups excluding carboxylic acids is 1. The number of fused-ring (bicyclic) bond motifs is 1. The summed E-state index contributed by atoms with van der Waals surface area (Å²) in [6.45, 7) is 10.3. The predicted molar refractivity (Wildman–Crippen MR) is 126 cm³/mol. The summed E-state index contributed by atoms with van der Waals surface area (Å²) in [6, 6.07) is 8.12. The lowest BCUT2D eigenvalue weighted by atomic mass is 9.97. The minimum Gasteiger partial charge on any atom is -0.367 e. The molecule has 0 saturated carbocycles. The topological polar surface area (TPSA) is 70.6 Å². The first-order chi connectivity index (χ1) is 15.4. The van der Waals surface area contributed by atoms with Gasteiger partial charge in [-0.3, -0.25) is 4.79 Å². The van der Waals surface area contributed by atoms with Gasteiger partial charge in [0.1, 0.15) is 12.1 Å². The number of nitrogens with one attached hydrogen (secondary N) is 1. The molecular formula is C24H32ClN5O2. The second-order valence-corrected chi connectivity index (χ2v) is 9.35. The Hall–Kier alpha value is -2.22. The van der Waals surface area contributed by atoms with Crippen molar-refractivity contribution in [3.8, 4) is 0 Å². The molecule has 2 aromatic rings. The summed E-state index contributed by atoms with van der Waals surface area (Å²) in [4.78, 5) is 26.6. The number of anilines is 1. The van der Waals surface area contributed by atoms with E-state index in [-0.39, 0.29) is 17.9 Å². The molecule has 0 spiro atoms. The smallest absolute Gasteiger partial charge is 0.227 e. The molecule has 2 aliphatic rings. The van der Waals surface area contributed by atoms with Gasteiger partial charge in [0.25, 0.3) is 0 Å². The Morgan fingerprint density at radius 3 is 2.59 bits per heavy atom. The molecule has 1 aromatic heterocycles. The van der Waals surface area contributed by atoms with Crippen molar-refractivity contribution in [1.82, 2.24) is 20.2 Å². The molecule has 0 aliphatic carbocycles. The molecule has 7 nitrogen and oxygen atoms in total. The number of carbonyl (C=O) groups is 1. The fourth-order valence-electron chi connectivity index (χ4n) is 4.42. The average molecular weight is 458 g/mol. The number of amides is 1. The number of ether oxygens (including phenoxy) is 1. The summed E-state index contributed by atoms with van der Waals surface area (Å²) >= 11 is 6.03. The van der Waals surface area contributed by atoms with E-state index in [0.717, 1.165) is 35.7 Å². The molecule has 32 heavy (non-hydrogen) atoms. The maximum Gasteiger partial charge on any atom is 0.227 e. The summed E-state index contributed by atoms with van der Waals surface area (Å²) in [5, 5.41) is 4.16. The van der Waals surface area contributed by atoms with Gasteiger partial charge in [-0.2, -0.15) is 0 Å². The molecule has 0 bridgehead atoms. The highest BCUT2D eigenvalue weighted by atomic mass is 35.5. The summed E-state index contributed by atoms with van der Waals surface area (Å²) in [5.74, 6) is 1.05. The average Bonchev–Trinajstić information content (AvgIpc) is 3.18. The molecule has 172 valence electrons. The standard InChI is InChI=1S/C24H32ClN5O2/c1-16(2)26-13-19(12-18-4-6-20(25)7-5-18)24(31)30-10-8-29(9-11-30)23-22-17(3)32-14-21(22)27-15-28-23/h4-7,15-17,19,26H,8-14H2,1-3H3/t17-,19?/m1/s1. The molecular weight excluding hydrogens is 426 g/mol. The van der Waals surface area contributed by atoms with Crippen LogP contribution in [0.15, 0.2) is 30.6 Å². The second kappa shape index (κ2) is 10.1. The first-order valence-corrected chi connectivity index (χ1v) is 11.8. The minimum atomic E-state index is -0.109. The third-order valence-corrected chi connectivity index (χ3v) is 6.48. The van der Waals surface area contributed by atoms with E-state index in [1.807, 2.05) is 36.1 Å². The fraction of sp³-hybridized carbons (Fsp3) is 0.542. The zero-order chi connectivity index (χ0) is 22.7. The Balaban J connectivity index is 1.42. The molecule has 2 aliphatic heterocycles. The van der Waals surface area contributed by atoms with Gasteiger partial charge in [0.15, 0.2) is 0 Å². The molecule has 1 unspecified atom stereocenters. The zero-order valence-corrected chi connectivity index (χ0v) is 19.8. The lowest BCUT2D eigenvalue weighted by molar-refractivity contribution is -0.135. The van der Waals surface area contributed by atoms with Gasteiger partial charge in [-0.15, -0.1) is 0 Å². The maximum absolute atomic E-state index is 13.5. The summed E-state index contributed by atoms with van der Waals surface area (Å²) in [6.07, 6.45) is 2.32. The van der Waals surface area contributed by atoms with Gasteiger partial charge < -0.3 is 19.9 Å². The van der Waals surface area contributed by atoms with E-state index in [2.05, 4.69) is 34.0 Å².